The molecule has 0 saturated heterocycles. The van der Waals surface area contributed by atoms with E-state index in [0.717, 1.165) is 17.7 Å². The van der Waals surface area contributed by atoms with Crippen molar-refractivity contribution in [3.8, 4) is 5.75 Å². The number of nitrogens with two attached hydrogens (primary N) is 1. The van der Waals surface area contributed by atoms with E-state index >= 15 is 0 Å². The SMILES string of the molecule is CCC[C@H](N)C(=O)NCc1ccccc1OC. The normalized spacial score (nSPS) is 11.9. The van der Waals surface area contributed by atoms with Gasteiger partial charge in [0.15, 0.2) is 0 Å². The molecule has 0 saturated carbocycles. The van der Waals surface area contributed by atoms with Crippen molar-refractivity contribution in [3.05, 3.63) is 29.8 Å². The highest BCUT2D eigenvalue weighted by Gasteiger charge is 2.12. The van der Waals surface area contributed by atoms with Gasteiger partial charge in [-0.2, -0.15) is 0 Å². The summed E-state index contributed by atoms with van der Waals surface area (Å²) < 4.78 is 5.20. The van der Waals surface area contributed by atoms with Crippen LogP contribution in [0.3, 0.4) is 0 Å². The lowest BCUT2D eigenvalue weighted by molar-refractivity contribution is -0.122. The number of ether oxygens (including phenoxy) is 1. The van der Waals surface area contributed by atoms with Crippen molar-refractivity contribution in [1.82, 2.24) is 5.32 Å². The van der Waals surface area contributed by atoms with E-state index in [1.807, 2.05) is 31.2 Å². The summed E-state index contributed by atoms with van der Waals surface area (Å²) in [5, 5.41) is 2.81. The maximum Gasteiger partial charge on any atom is 0.237 e. The zero-order valence-electron chi connectivity index (χ0n) is 10.4. The maximum atomic E-state index is 11.6. The fraction of sp³-hybridized carbons (Fsp3) is 0.462. The molecular weight excluding hydrogens is 216 g/mol. The highest BCUT2D eigenvalue weighted by atomic mass is 16.5. The monoisotopic (exact) mass is 236 g/mol. The Hall–Kier alpha value is -1.55. The number of hydrogen-bond donors (Lipinski definition) is 2. The van der Waals surface area contributed by atoms with Gasteiger partial charge < -0.3 is 15.8 Å². The maximum absolute atomic E-state index is 11.6. The highest BCUT2D eigenvalue weighted by Crippen LogP contribution is 2.16. The number of methoxy groups -OCH3 is 1. The van der Waals surface area contributed by atoms with Crippen LogP contribution in [-0.2, 0) is 11.3 Å². The second-order valence-electron chi connectivity index (χ2n) is 3.92. The van der Waals surface area contributed by atoms with Crippen LogP contribution in [0.4, 0.5) is 0 Å². The molecule has 0 aliphatic carbocycles. The highest BCUT2D eigenvalue weighted by molar-refractivity contribution is 5.81. The smallest absolute Gasteiger partial charge is 0.237 e. The summed E-state index contributed by atoms with van der Waals surface area (Å²) in [5.74, 6) is 0.662. The third kappa shape index (κ3) is 4.07. The molecule has 1 atom stereocenters. The molecule has 4 nitrogen and oxygen atoms in total. The Morgan fingerprint density at radius 3 is 2.82 bits per heavy atom. The molecule has 0 unspecified atom stereocenters. The molecule has 3 N–H and O–H groups in total. The van der Waals surface area contributed by atoms with E-state index < -0.39 is 6.04 Å². The third-order valence-electron chi connectivity index (χ3n) is 2.58. The van der Waals surface area contributed by atoms with E-state index in [9.17, 15) is 4.79 Å². The van der Waals surface area contributed by atoms with E-state index in [1.54, 1.807) is 7.11 Å². The van der Waals surface area contributed by atoms with Gasteiger partial charge in [-0.25, -0.2) is 0 Å². The number of amides is 1. The zero-order chi connectivity index (χ0) is 12.7. The van der Waals surface area contributed by atoms with Crippen molar-refractivity contribution < 1.29 is 9.53 Å². The third-order valence-corrected chi connectivity index (χ3v) is 2.58. The molecule has 1 amide bonds. The van der Waals surface area contributed by atoms with Crippen molar-refractivity contribution in [2.75, 3.05) is 7.11 Å². The van der Waals surface area contributed by atoms with Gasteiger partial charge in [-0.1, -0.05) is 31.5 Å². The summed E-state index contributed by atoms with van der Waals surface area (Å²) in [5.41, 5.74) is 6.67. The van der Waals surface area contributed by atoms with Gasteiger partial charge in [-0.3, -0.25) is 4.79 Å². The fourth-order valence-electron chi connectivity index (χ4n) is 1.60. The summed E-state index contributed by atoms with van der Waals surface area (Å²) >= 11 is 0. The van der Waals surface area contributed by atoms with Gasteiger partial charge in [0.25, 0.3) is 0 Å². The number of para-hydroxylation sites is 1. The Labute approximate surface area is 102 Å². The first-order valence-electron chi connectivity index (χ1n) is 5.84. The van der Waals surface area contributed by atoms with Crippen LogP contribution in [0.5, 0.6) is 5.75 Å². The summed E-state index contributed by atoms with van der Waals surface area (Å²) in [6.45, 7) is 2.45. The average Bonchev–Trinajstić information content (AvgIpc) is 2.36. The molecule has 94 valence electrons. The number of carbonyl (C=O) groups is 1. The van der Waals surface area contributed by atoms with Crippen molar-refractivity contribution in [2.24, 2.45) is 5.73 Å². The molecule has 0 heterocycles. The van der Waals surface area contributed by atoms with Crippen LogP contribution in [-0.4, -0.2) is 19.1 Å². The van der Waals surface area contributed by atoms with Gasteiger partial charge in [-0.05, 0) is 12.5 Å². The van der Waals surface area contributed by atoms with Crippen molar-refractivity contribution >= 4 is 5.91 Å². The second-order valence-corrected chi connectivity index (χ2v) is 3.92. The first-order valence-corrected chi connectivity index (χ1v) is 5.84. The van der Waals surface area contributed by atoms with Gasteiger partial charge in [-0.15, -0.1) is 0 Å². The van der Waals surface area contributed by atoms with Crippen molar-refractivity contribution in [3.63, 3.8) is 0 Å². The molecule has 0 spiro atoms. The Kier molecular flexibility index (Phi) is 5.49. The minimum absolute atomic E-state index is 0.113. The number of hydrogen-bond acceptors (Lipinski definition) is 3. The molecule has 0 aliphatic heterocycles. The molecule has 0 aliphatic rings. The lowest BCUT2D eigenvalue weighted by Crippen LogP contribution is -2.40. The number of benzene rings is 1. The molecule has 1 rings (SSSR count). The molecule has 17 heavy (non-hydrogen) atoms. The fourth-order valence-corrected chi connectivity index (χ4v) is 1.60. The molecule has 0 aromatic heterocycles. The van der Waals surface area contributed by atoms with Gasteiger partial charge in [0, 0.05) is 12.1 Å². The van der Waals surface area contributed by atoms with E-state index in [-0.39, 0.29) is 5.91 Å². The van der Waals surface area contributed by atoms with E-state index in [2.05, 4.69) is 5.32 Å². The molecule has 0 radical (unpaired) electrons. The predicted octanol–water partition coefficient (Wildman–Crippen LogP) is 1.44. The van der Waals surface area contributed by atoms with Gasteiger partial charge in [0.1, 0.15) is 5.75 Å². The predicted molar refractivity (Wildman–Crippen MR) is 67.7 cm³/mol. The Morgan fingerprint density at radius 1 is 1.47 bits per heavy atom. The van der Waals surface area contributed by atoms with Crippen LogP contribution < -0.4 is 15.8 Å². The van der Waals surface area contributed by atoms with E-state index in [0.29, 0.717) is 13.0 Å². The van der Waals surface area contributed by atoms with Crippen LogP contribution in [0.25, 0.3) is 0 Å². The first kappa shape index (κ1) is 13.5. The largest absolute Gasteiger partial charge is 0.496 e. The Morgan fingerprint density at radius 2 is 2.18 bits per heavy atom. The lowest BCUT2D eigenvalue weighted by atomic mass is 10.1. The topological polar surface area (TPSA) is 64.4 Å². The van der Waals surface area contributed by atoms with Crippen LogP contribution in [0.2, 0.25) is 0 Å². The molecular formula is C13H20N2O2. The van der Waals surface area contributed by atoms with E-state index in [4.69, 9.17) is 10.5 Å². The Balaban J connectivity index is 2.52. The number of carbonyl (C=O) groups excluding carboxylic acids is 1. The number of nitrogens with one attached hydrogen (secondary N) is 1. The van der Waals surface area contributed by atoms with Crippen molar-refractivity contribution in [2.45, 2.75) is 32.4 Å². The molecule has 4 heteroatoms. The summed E-state index contributed by atoms with van der Waals surface area (Å²) in [6, 6.07) is 7.18. The summed E-state index contributed by atoms with van der Waals surface area (Å²) in [6.07, 6.45) is 1.61. The molecule has 1 aromatic carbocycles. The summed E-state index contributed by atoms with van der Waals surface area (Å²) in [7, 11) is 1.61. The molecule has 0 bridgehead atoms. The van der Waals surface area contributed by atoms with Gasteiger partial charge in [0.05, 0.1) is 13.2 Å². The van der Waals surface area contributed by atoms with Crippen LogP contribution in [0.1, 0.15) is 25.3 Å². The second kappa shape index (κ2) is 6.91. The zero-order valence-corrected chi connectivity index (χ0v) is 10.4. The van der Waals surface area contributed by atoms with Gasteiger partial charge >= 0.3 is 0 Å². The molecule has 0 fully saturated rings. The Bertz CT molecular complexity index is 366. The van der Waals surface area contributed by atoms with Gasteiger partial charge in [0.2, 0.25) is 5.91 Å². The molecule has 1 aromatic rings. The van der Waals surface area contributed by atoms with Crippen LogP contribution in [0.15, 0.2) is 24.3 Å². The minimum Gasteiger partial charge on any atom is -0.496 e. The average molecular weight is 236 g/mol. The standard InChI is InChI=1S/C13H20N2O2/c1-3-6-11(14)13(16)15-9-10-7-4-5-8-12(10)17-2/h4-5,7-8,11H,3,6,9,14H2,1-2H3,(H,15,16)/t11-/m0/s1. The van der Waals surface area contributed by atoms with Crippen LogP contribution in [0, 0.1) is 0 Å². The minimum atomic E-state index is -0.422. The summed E-state index contributed by atoms with van der Waals surface area (Å²) in [4.78, 5) is 11.6. The van der Waals surface area contributed by atoms with E-state index in [1.165, 1.54) is 0 Å². The number of rotatable bonds is 6. The quantitative estimate of drug-likeness (QED) is 0.785. The lowest BCUT2D eigenvalue weighted by Gasteiger charge is -2.12. The van der Waals surface area contributed by atoms with Crippen LogP contribution >= 0.6 is 0 Å². The van der Waals surface area contributed by atoms with Crippen molar-refractivity contribution in [1.29, 1.82) is 0 Å². The first-order chi connectivity index (χ1) is 8.19.